The van der Waals surface area contributed by atoms with Crippen LogP contribution < -0.4 is 10.6 Å². The van der Waals surface area contributed by atoms with Crippen molar-refractivity contribution in [2.45, 2.75) is 70.0 Å². The van der Waals surface area contributed by atoms with Crippen molar-refractivity contribution in [3.05, 3.63) is 0 Å². The molecule has 2 saturated heterocycles. The first kappa shape index (κ1) is 14.8. The van der Waals surface area contributed by atoms with E-state index in [2.05, 4.69) is 29.5 Å². The number of carbonyl (C=O) groups excluding carboxylic acids is 1. The zero-order valence-corrected chi connectivity index (χ0v) is 12.5. The number of piperidine rings is 2. The molecule has 2 rings (SSSR count). The van der Waals surface area contributed by atoms with Crippen LogP contribution in [0.4, 0.5) is 0 Å². The van der Waals surface area contributed by atoms with Crippen molar-refractivity contribution in [2.24, 2.45) is 0 Å². The summed E-state index contributed by atoms with van der Waals surface area (Å²) in [5.41, 5.74) is 0. The van der Waals surface area contributed by atoms with Crippen LogP contribution in [-0.2, 0) is 4.79 Å². The molecule has 4 nitrogen and oxygen atoms in total. The van der Waals surface area contributed by atoms with Gasteiger partial charge < -0.3 is 10.6 Å². The van der Waals surface area contributed by atoms with Gasteiger partial charge in [-0.3, -0.25) is 9.69 Å². The van der Waals surface area contributed by atoms with Crippen molar-refractivity contribution >= 4 is 5.91 Å². The van der Waals surface area contributed by atoms with Crippen molar-refractivity contribution in [3.63, 3.8) is 0 Å². The molecule has 4 heteroatoms. The van der Waals surface area contributed by atoms with E-state index >= 15 is 0 Å². The number of carbonyl (C=O) groups is 1. The summed E-state index contributed by atoms with van der Waals surface area (Å²) in [5.74, 6) is 0.218. The van der Waals surface area contributed by atoms with Crippen LogP contribution in [0.15, 0.2) is 0 Å². The lowest BCUT2D eigenvalue weighted by Gasteiger charge is -2.49. The molecule has 0 saturated carbocycles. The second-order valence-electron chi connectivity index (χ2n) is 6.03. The van der Waals surface area contributed by atoms with Gasteiger partial charge in [-0.25, -0.2) is 0 Å². The third kappa shape index (κ3) is 3.93. The minimum absolute atomic E-state index is 0.218. The zero-order chi connectivity index (χ0) is 13.7. The molecule has 2 aliphatic heterocycles. The average Bonchev–Trinajstić information content (AvgIpc) is 2.41. The number of amides is 1. The molecule has 1 amide bonds. The lowest BCUT2D eigenvalue weighted by atomic mass is 9.81. The Morgan fingerprint density at radius 2 is 1.95 bits per heavy atom. The van der Waals surface area contributed by atoms with Gasteiger partial charge in [0, 0.05) is 37.6 Å². The van der Waals surface area contributed by atoms with Gasteiger partial charge in [-0.15, -0.1) is 0 Å². The molecule has 2 fully saturated rings. The van der Waals surface area contributed by atoms with Crippen LogP contribution in [0.3, 0.4) is 0 Å². The Hall–Kier alpha value is -0.610. The van der Waals surface area contributed by atoms with E-state index in [0.29, 0.717) is 24.5 Å². The van der Waals surface area contributed by atoms with E-state index in [4.69, 9.17) is 0 Å². The molecule has 2 atom stereocenters. The van der Waals surface area contributed by atoms with Crippen LogP contribution in [0.5, 0.6) is 0 Å². The molecule has 110 valence electrons. The van der Waals surface area contributed by atoms with Crippen LogP contribution in [0.2, 0.25) is 0 Å². The predicted molar refractivity (Wildman–Crippen MR) is 78.1 cm³/mol. The highest BCUT2D eigenvalue weighted by molar-refractivity contribution is 5.76. The normalized spacial score (nSPS) is 31.2. The van der Waals surface area contributed by atoms with Gasteiger partial charge in [0.2, 0.25) is 5.91 Å². The summed E-state index contributed by atoms with van der Waals surface area (Å²) in [5, 5.41) is 6.42. The Labute approximate surface area is 117 Å². The van der Waals surface area contributed by atoms with Crippen molar-refractivity contribution in [3.8, 4) is 0 Å². The third-order valence-corrected chi connectivity index (χ3v) is 4.70. The number of nitrogens with zero attached hydrogens (tertiary/aromatic N) is 1. The number of hydrogen-bond donors (Lipinski definition) is 2. The van der Waals surface area contributed by atoms with E-state index in [1.54, 1.807) is 0 Å². The fourth-order valence-electron chi connectivity index (χ4n) is 3.66. The van der Waals surface area contributed by atoms with Crippen LogP contribution >= 0.6 is 0 Å². The van der Waals surface area contributed by atoms with E-state index in [0.717, 1.165) is 19.5 Å². The first-order valence-electron chi connectivity index (χ1n) is 7.94. The SMILES string of the molecule is CCCNC(=O)CCN1C2CCCC1CC(NC)C2. The molecule has 2 heterocycles. The Balaban J connectivity index is 1.81. The largest absolute Gasteiger partial charge is 0.356 e. The predicted octanol–water partition coefficient (Wildman–Crippen LogP) is 1.51. The lowest BCUT2D eigenvalue weighted by Crippen LogP contribution is -2.56. The molecular formula is C15H29N3O. The molecule has 2 aliphatic rings. The van der Waals surface area contributed by atoms with Gasteiger partial charge in [-0.05, 0) is 39.2 Å². The van der Waals surface area contributed by atoms with Crippen molar-refractivity contribution in [2.75, 3.05) is 20.1 Å². The second-order valence-corrected chi connectivity index (χ2v) is 6.03. The topological polar surface area (TPSA) is 44.4 Å². The van der Waals surface area contributed by atoms with Gasteiger partial charge in [0.05, 0.1) is 0 Å². The summed E-state index contributed by atoms with van der Waals surface area (Å²) in [6.07, 6.45) is 8.18. The summed E-state index contributed by atoms with van der Waals surface area (Å²) < 4.78 is 0. The summed E-state index contributed by atoms with van der Waals surface area (Å²) in [6, 6.07) is 2.08. The number of fused-ring (bicyclic) bond motifs is 2. The highest BCUT2D eigenvalue weighted by Gasteiger charge is 2.37. The molecule has 0 spiro atoms. The van der Waals surface area contributed by atoms with Gasteiger partial charge >= 0.3 is 0 Å². The molecule has 19 heavy (non-hydrogen) atoms. The third-order valence-electron chi connectivity index (χ3n) is 4.70. The smallest absolute Gasteiger partial charge is 0.221 e. The van der Waals surface area contributed by atoms with Crippen LogP contribution in [0, 0.1) is 0 Å². The van der Waals surface area contributed by atoms with Crippen molar-refractivity contribution < 1.29 is 4.79 Å². The highest BCUT2D eigenvalue weighted by atomic mass is 16.1. The summed E-state index contributed by atoms with van der Waals surface area (Å²) in [6.45, 7) is 3.85. The molecule has 0 aromatic carbocycles. The van der Waals surface area contributed by atoms with Crippen LogP contribution in [0.25, 0.3) is 0 Å². The van der Waals surface area contributed by atoms with Gasteiger partial charge in [0.1, 0.15) is 0 Å². The monoisotopic (exact) mass is 267 g/mol. The minimum atomic E-state index is 0.218. The van der Waals surface area contributed by atoms with E-state index in [9.17, 15) is 4.79 Å². The Kier molecular flexibility index (Phi) is 5.64. The molecule has 0 aliphatic carbocycles. The van der Waals surface area contributed by atoms with Crippen LogP contribution in [-0.4, -0.2) is 49.1 Å². The van der Waals surface area contributed by atoms with E-state index in [-0.39, 0.29) is 5.91 Å². The summed E-state index contributed by atoms with van der Waals surface area (Å²) >= 11 is 0. The van der Waals surface area contributed by atoms with Crippen LogP contribution in [0.1, 0.15) is 51.9 Å². The maximum absolute atomic E-state index is 11.7. The Morgan fingerprint density at radius 3 is 2.53 bits per heavy atom. The van der Waals surface area contributed by atoms with Gasteiger partial charge in [0.25, 0.3) is 0 Å². The molecule has 0 radical (unpaired) electrons. The Bertz CT molecular complexity index is 281. The van der Waals surface area contributed by atoms with Crippen molar-refractivity contribution in [1.29, 1.82) is 0 Å². The first-order chi connectivity index (χ1) is 9.24. The highest BCUT2D eigenvalue weighted by Crippen LogP contribution is 2.33. The molecule has 2 unspecified atom stereocenters. The van der Waals surface area contributed by atoms with E-state index < -0.39 is 0 Å². The number of rotatable bonds is 6. The fraction of sp³-hybridized carbons (Fsp3) is 0.933. The maximum atomic E-state index is 11.7. The molecule has 0 aromatic rings. The molecule has 2 bridgehead atoms. The van der Waals surface area contributed by atoms with Crippen molar-refractivity contribution in [1.82, 2.24) is 15.5 Å². The summed E-state index contributed by atoms with van der Waals surface area (Å²) in [7, 11) is 2.08. The van der Waals surface area contributed by atoms with Gasteiger partial charge in [0.15, 0.2) is 0 Å². The lowest BCUT2D eigenvalue weighted by molar-refractivity contribution is -0.122. The Morgan fingerprint density at radius 1 is 1.26 bits per heavy atom. The first-order valence-corrected chi connectivity index (χ1v) is 7.94. The standard InChI is InChI=1S/C15H29N3O/c1-3-8-17-15(19)7-9-18-13-5-4-6-14(18)11-12(10-13)16-2/h12-14,16H,3-11H2,1-2H3,(H,17,19). The van der Waals surface area contributed by atoms with E-state index in [1.807, 2.05) is 0 Å². The summed E-state index contributed by atoms with van der Waals surface area (Å²) in [4.78, 5) is 14.3. The number of hydrogen-bond acceptors (Lipinski definition) is 3. The average molecular weight is 267 g/mol. The quantitative estimate of drug-likeness (QED) is 0.767. The van der Waals surface area contributed by atoms with E-state index in [1.165, 1.54) is 32.1 Å². The van der Waals surface area contributed by atoms with Gasteiger partial charge in [-0.1, -0.05) is 13.3 Å². The minimum Gasteiger partial charge on any atom is -0.356 e. The second kappa shape index (κ2) is 7.25. The number of nitrogens with one attached hydrogen (secondary N) is 2. The zero-order valence-electron chi connectivity index (χ0n) is 12.5. The fourth-order valence-corrected chi connectivity index (χ4v) is 3.66. The van der Waals surface area contributed by atoms with Gasteiger partial charge in [-0.2, -0.15) is 0 Å². The maximum Gasteiger partial charge on any atom is 0.221 e. The molecular weight excluding hydrogens is 238 g/mol. The molecule has 0 aromatic heterocycles. The molecule has 2 N–H and O–H groups in total.